The highest BCUT2D eigenvalue weighted by atomic mass is 79.9. The lowest BCUT2D eigenvalue weighted by atomic mass is 9.66. The number of alkyl halides is 1. The number of allylic oxidation sites excluding steroid dienone is 1. The van der Waals surface area contributed by atoms with Crippen molar-refractivity contribution in [3.05, 3.63) is 42.0 Å². The molecule has 0 bridgehead atoms. The van der Waals surface area contributed by atoms with Gasteiger partial charge in [0.2, 0.25) is 0 Å². The van der Waals surface area contributed by atoms with Gasteiger partial charge in [-0.15, -0.1) is 6.58 Å². The summed E-state index contributed by atoms with van der Waals surface area (Å²) in [5.41, 5.74) is 4.13. The van der Waals surface area contributed by atoms with Gasteiger partial charge in [0.25, 0.3) is 0 Å². The minimum absolute atomic E-state index is 0.0397. The van der Waals surface area contributed by atoms with Crippen LogP contribution in [0, 0.1) is 0 Å². The second-order valence-electron chi connectivity index (χ2n) is 5.29. The molecule has 0 saturated heterocycles. The zero-order chi connectivity index (χ0) is 13.5. The van der Waals surface area contributed by atoms with Crippen LogP contribution in [0.5, 0.6) is 5.75 Å². The minimum atomic E-state index is 0.0397. The van der Waals surface area contributed by atoms with Crippen LogP contribution in [0.3, 0.4) is 0 Å². The number of methoxy groups -OCH3 is 1. The second kappa shape index (κ2) is 4.78. The summed E-state index contributed by atoms with van der Waals surface area (Å²) in [4.78, 5) is 5.12. The number of fused-ring (bicyclic) bond motifs is 3. The van der Waals surface area contributed by atoms with Crippen molar-refractivity contribution < 1.29 is 4.74 Å². The maximum Gasteiger partial charge on any atom is 0.119 e. The van der Waals surface area contributed by atoms with Gasteiger partial charge in [-0.25, -0.2) is 0 Å². The monoisotopic (exact) mass is 319 g/mol. The summed E-state index contributed by atoms with van der Waals surface area (Å²) in [6, 6.07) is 6.44. The van der Waals surface area contributed by atoms with Crippen molar-refractivity contribution in [3.63, 3.8) is 0 Å². The van der Waals surface area contributed by atoms with Crippen molar-refractivity contribution in [1.82, 2.24) is 0 Å². The molecule has 1 aromatic carbocycles. The first kappa shape index (κ1) is 12.9. The average molecular weight is 320 g/mol. The maximum absolute atomic E-state index is 5.40. The number of halogens is 1. The highest BCUT2D eigenvalue weighted by Crippen LogP contribution is 2.46. The maximum atomic E-state index is 5.40. The minimum Gasteiger partial charge on any atom is -0.497 e. The molecular weight excluding hydrogens is 302 g/mol. The topological polar surface area (TPSA) is 21.6 Å². The van der Waals surface area contributed by atoms with Crippen molar-refractivity contribution in [1.29, 1.82) is 0 Å². The van der Waals surface area contributed by atoms with Crippen molar-refractivity contribution in [2.75, 3.05) is 13.7 Å². The number of rotatable bonds is 3. The Labute approximate surface area is 122 Å². The normalized spacial score (nSPS) is 28.3. The Morgan fingerprint density at radius 2 is 2.42 bits per heavy atom. The Bertz CT molecular complexity index is 552. The molecular formula is C16H18BrNO. The first-order chi connectivity index (χ1) is 9.21. The van der Waals surface area contributed by atoms with E-state index in [0.717, 1.165) is 31.6 Å². The third-order valence-electron chi connectivity index (χ3n) is 4.33. The summed E-state index contributed by atoms with van der Waals surface area (Å²) in [6.07, 6.45) is 5.07. The Morgan fingerprint density at radius 3 is 3.16 bits per heavy atom. The van der Waals surface area contributed by atoms with Crippen LogP contribution in [0.2, 0.25) is 0 Å². The van der Waals surface area contributed by atoms with Crippen LogP contribution in [-0.2, 0) is 11.8 Å². The fraction of sp³-hybridized carbons (Fsp3) is 0.438. The molecule has 0 saturated carbocycles. The third kappa shape index (κ3) is 1.86. The van der Waals surface area contributed by atoms with Gasteiger partial charge in [0, 0.05) is 17.7 Å². The standard InChI is InChI=1S/C16H18BrNO/c1-3-6-16-7-8-18-15(16)14(17)9-11-4-5-12(19-2)10-13(11)16/h3-5,10,14H,1,6-9H2,2H3. The summed E-state index contributed by atoms with van der Waals surface area (Å²) in [7, 11) is 1.72. The summed E-state index contributed by atoms with van der Waals surface area (Å²) >= 11 is 3.81. The zero-order valence-corrected chi connectivity index (χ0v) is 12.7. The molecule has 0 fully saturated rings. The Hall–Kier alpha value is -1.09. The number of hydrogen-bond acceptors (Lipinski definition) is 2. The van der Waals surface area contributed by atoms with Crippen molar-refractivity contribution in [2.24, 2.45) is 4.99 Å². The Morgan fingerprint density at radius 1 is 1.58 bits per heavy atom. The van der Waals surface area contributed by atoms with E-state index in [1.165, 1.54) is 16.8 Å². The third-order valence-corrected chi connectivity index (χ3v) is 5.09. The quantitative estimate of drug-likeness (QED) is 0.615. The molecule has 0 spiro atoms. The van der Waals surface area contributed by atoms with Crippen LogP contribution in [0.4, 0.5) is 0 Å². The van der Waals surface area contributed by atoms with Crippen molar-refractivity contribution in [2.45, 2.75) is 29.5 Å². The van der Waals surface area contributed by atoms with Gasteiger partial charge in [-0.2, -0.15) is 0 Å². The van der Waals surface area contributed by atoms with Gasteiger partial charge in [-0.1, -0.05) is 28.1 Å². The van der Waals surface area contributed by atoms with E-state index in [-0.39, 0.29) is 5.41 Å². The number of benzene rings is 1. The summed E-state index contributed by atoms with van der Waals surface area (Å²) in [5, 5.41) is 0. The lowest BCUT2D eigenvalue weighted by Gasteiger charge is -2.39. The summed E-state index contributed by atoms with van der Waals surface area (Å²) < 4.78 is 5.40. The van der Waals surface area contributed by atoms with E-state index in [1.807, 2.05) is 6.08 Å². The molecule has 19 heavy (non-hydrogen) atoms. The average Bonchev–Trinajstić information content (AvgIpc) is 2.85. The molecule has 100 valence electrons. The smallest absolute Gasteiger partial charge is 0.119 e. The number of ether oxygens (including phenoxy) is 1. The van der Waals surface area contributed by atoms with E-state index in [2.05, 4.69) is 40.7 Å². The first-order valence-electron chi connectivity index (χ1n) is 6.68. The van der Waals surface area contributed by atoms with E-state index in [1.54, 1.807) is 7.11 Å². The molecule has 1 aliphatic carbocycles. The molecule has 1 heterocycles. The fourth-order valence-electron chi connectivity index (χ4n) is 3.48. The SMILES string of the molecule is C=CCC12CCN=C1C(Br)Cc1ccc(OC)cc12. The molecule has 2 unspecified atom stereocenters. The van der Waals surface area contributed by atoms with Gasteiger partial charge in [0.1, 0.15) is 5.75 Å². The van der Waals surface area contributed by atoms with Gasteiger partial charge in [0.05, 0.1) is 11.9 Å². The van der Waals surface area contributed by atoms with Crippen LogP contribution in [0.1, 0.15) is 24.0 Å². The number of hydrogen-bond donors (Lipinski definition) is 0. The van der Waals surface area contributed by atoms with Gasteiger partial charge < -0.3 is 4.74 Å². The number of aliphatic imine (C=N–C) groups is 1. The zero-order valence-electron chi connectivity index (χ0n) is 11.2. The molecule has 0 aromatic heterocycles. The van der Waals surface area contributed by atoms with Gasteiger partial charge >= 0.3 is 0 Å². The van der Waals surface area contributed by atoms with Gasteiger partial charge in [-0.05, 0) is 42.5 Å². The van der Waals surface area contributed by atoms with Crippen molar-refractivity contribution in [3.8, 4) is 5.75 Å². The van der Waals surface area contributed by atoms with Crippen LogP contribution >= 0.6 is 15.9 Å². The molecule has 2 atom stereocenters. The fourth-order valence-corrected chi connectivity index (χ4v) is 4.41. The lowest BCUT2D eigenvalue weighted by Crippen LogP contribution is -2.43. The molecule has 3 rings (SSSR count). The Kier molecular flexibility index (Phi) is 3.25. The van der Waals surface area contributed by atoms with E-state index >= 15 is 0 Å². The molecule has 2 aliphatic rings. The van der Waals surface area contributed by atoms with Gasteiger partial charge in [0.15, 0.2) is 0 Å². The molecule has 2 nitrogen and oxygen atoms in total. The molecule has 0 radical (unpaired) electrons. The second-order valence-corrected chi connectivity index (χ2v) is 6.39. The van der Waals surface area contributed by atoms with Crippen LogP contribution in [0.15, 0.2) is 35.8 Å². The van der Waals surface area contributed by atoms with Gasteiger partial charge in [-0.3, -0.25) is 4.99 Å². The molecule has 3 heteroatoms. The highest BCUT2D eigenvalue weighted by Gasteiger charge is 2.46. The van der Waals surface area contributed by atoms with Crippen LogP contribution < -0.4 is 4.74 Å². The lowest BCUT2D eigenvalue weighted by molar-refractivity contribution is 0.412. The molecule has 1 aromatic rings. The molecule has 1 aliphatic heterocycles. The first-order valence-corrected chi connectivity index (χ1v) is 7.60. The van der Waals surface area contributed by atoms with E-state index in [9.17, 15) is 0 Å². The van der Waals surface area contributed by atoms with Crippen LogP contribution in [-0.4, -0.2) is 24.2 Å². The van der Waals surface area contributed by atoms with Crippen molar-refractivity contribution >= 4 is 21.6 Å². The number of nitrogens with zero attached hydrogens (tertiary/aromatic N) is 1. The molecule has 0 N–H and O–H groups in total. The predicted molar refractivity (Wildman–Crippen MR) is 82.8 cm³/mol. The Balaban J connectivity index is 2.19. The summed E-state index contributed by atoms with van der Waals surface area (Å²) in [6.45, 7) is 4.87. The predicted octanol–water partition coefficient (Wildman–Crippen LogP) is 3.67. The van der Waals surface area contributed by atoms with E-state index in [0.29, 0.717) is 4.83 Å². The summed E-state index contributed by atoms with van der Waals surface area (Å²) in [5.74, 6) is 0.932. The largest absolute Gasteiger partial charge is 0.497 e. The van der Waals surface area contributed by atoms with E-state index in [4.69, 9.17) is 9.73 Å². The molecule has 0 amide bonds. The highest BCUT2D eigenvalue weighted by molar-refractivity contribution is 9.10. The van der Waals surface area contributed by atoms with Crippen LogP contribution in [0.25, 0.3) is 0 Å². The van der Waals surface area contributed by atoms with E-state index < -0.39 is 0 Å².